The molecule has 3 nitrogen and oxygen atoms in total. The third-order valence-corrected chi connectivity index (χ3v) is 9.37. The fraction of sp³-hybridized carbons (Fsp3) is 0.263. The van der Waals surface area contributed by atoms with E-state index in [0.29, 0.717) is 17.1 Å². The van der Waals surface area contributed by atoms with Gasteiger partial charge in [-0.2, -0.15) is 0 Å². The SMILES string of the molecule is CC(C)Cc1ccnc(-c2[c-]ccc3c2oc2cc(F)ccc23)c1.[2H]C(C)(C)c1cc(-c2[c-]cccc2)ncc1[Si](C)(C)C.[Ir]. The monoisotopic (exact) mass is 780 g/mol. The van der Waals surface area contributed by atoms with Crippen molar-refractivity contribution in [1.82, 2.24) is 9.97 Å². The molecule has 0 N–H and O–H groups in total. The summed E-state index contributed by atoms with van der Waals surface area (Å²) in [5.74, 6) is -0.333. The average molecular weight is 780 g/mol. The zero-order valence-corrected chi connectivity index (χ0v) is 29.8. The second-order valence-electron chi connectivity index (χ2n) is 12.6. The Balaban J connectivity index is 0.000000204. The zero-order chi connectivity index (χ0) is 31.6. The van der Waals surface area contributed by atoms with Crippen LogP contribution in [0.25, 0.3) is 44.5 Å². The van der Waals surface area contributed by atoms with Gasteiger partial charge in [0, 0.05) is 45.3 Å². The topological polar surface area (TPSA) is 38.9 Å². The number of furan rings is 1. The summed E-state index contributed by atoms with van der Waals surface area (Å²) in [5, 5.41) is 3.13. The molecule has 1 radical (unpaired) electrons. The standard InChI is InChI=1S/C21H17FNO.C17H22NSi.Ir/c1-13(2)10-14-8-9-23-19(11-14)18-5-3-4-17-16-7-6-15(22)12-20(16)24-21(17)18;1-13(2)15-11-16(14-9-7-6-8-10-14)18-12-17(15)19(3,4)5;/h3-4,6-9,11-13H,10H2,1-2H3;6-9,11-13H,1-5H3;/q2*-1;/i;13D;. The van der Waals surface area contributed by atoms with E-state index < -0.39 is 14.0 Å². The van der Waals surface area contributed by atoms with E-state index in [2.05, 4.69) is 67.7 Å². The third kappa shape index (κ3) is 7.61. The smallest absolute Gasteiger partial charge is 0.126 e. The first-order chi connectivity index (χ1) is 20.8. The average Bonchev–Trinajstić information content (AvgIpc) is 3.34. The Morgan fingerprint density at radius 2 is 1.68 bits per heavy atom. The van der Waals surface area contributed by atoms with E-state index >= 15 is 0 Å². The molecule has 6 heteroatoms. The Morgan fingerprint density at radius 1 is 0.886 bits per heavy atom. The summed E-state index contributed by atoms with van der Waals surface area (Å²) in [6.07, 6.45) is 4.80. The fourth-order valence-electron chi connectivity index (χ4n) is 5.28. The van der Waals surface area contributed by atoms with Gasteiger partial charge in [0.1, 0.15) is 11.4 Å². The van der Waals surface area contributed by atoms with Crippen LogP contribution in [0.3, 0.4) is 0 Å². The quantitative estimate of drug-likeness (QED) is 0.125. The van der Waals surface area contributed by atoms with Crippen molar-refractivity contribution in [3.63, 3.8) is 0 Å². The van der Waals surface area contributed by atoms with Gasteiger partial charge in [-0.05, 0) is 53.0 Å². The Morgan fingerprint density at radius 3 is 2.36 bits per heavy atom. The maximum Gasteiger partial charge on any atom is 0.126 e. The molecule has 0 aliphatic rings. The van der Waals surface area contributed by atoms with E-state index in [4.69, 9.17) is 5.79 Å². The van der Waals surface area contributed by atoms with Gasteiger partial charge in [-0.25, -0.2) is 4.39 Å². The van der Waals surface area contributed by atoms with Gasteiger partial charge in [-0.3, -0.25) is 0 Å². The Labute approximate surface area is 276 Å². The molecule has 0 bridgehead atoms. The van der Waals surface area contributed by atoms with Gasteiger partial charge >= 0.3 is 0 Å². The van der Waals surface area contributed by atoms with Crippen molar-refractivity contribution in [3.05, 3.63) is 114 Å². The summed E-state index contributed by atoms with van der Waals surface area (Å²) < 4.78 is 27.8. The van der Waals surface area contributed by atoms with Gasteiger partial charge in [0.15, 0.2) is 0 Å². The van der Waals surface area contributed by atoms with E-state index in [1.54, 1.807) is 6.07 Å². The number of halogens is 1. The van der Waals surface area contributed by atoms with Crippen molar-refractivity contribution >= 4 is 35.2 Å². The number of hydrogen-bond donors (Lipinski definition) is 0. The molecule has 0 amide bonds. The first-order valence-electron chi connectivity index (χ1n) is 15.3. The summed E-state index contributed by atoms with van der Waals surface area (Å²) >= 11 is 0. The zero-order valence-electron chi connectivity index (χ0n) is 27.4. The second kappa shape index (κ2) is 14.1. The van der Waals surface area contributed by atoms with Crippen molar-refractivity contribution in [3.8, 4) is 22.5 Å². The Hall–Kier alpha value is -3.44. The molecule has 3 heterocycles. The second-order valence-corrected chi connectivity index (χ2v) is 17.7. The predicted molar refractivity (Wildman–Crippen MR) is 180 cm³/mol. The van der Waals surface area contributed by atoms with Crippen molar-refractivity contribution in [2.45, 2.75) is 59.7 Å². The van der Waals surface area contributed by atoms with Crippen LogP contribution in [0.4, 0.5) is 4.39 Å². The van der Waals surface area contributed by atoms with Crippen LogP contribution in [0.1, 0.15) is 46.1 Å². The summed E-state index contributed by atoms with van der Waals surface area (Å²) in [7, 11) is -1.50. The number of nitrogens with zero attached hydrogens (tertiary/aromatic N) is 2. The fourth-order valence-corrected chi connectivity index (χ4v) is 6.86. The largest absolute Gasteiger partial charge is 0.500 e. The summed E-state index contributed by atoms with van der Waals surface area (Å²) in [6, 6.07) is 28.9. The third-order valence-electron chi connectivity index (χ3n) is 7.36. The van der Waals surface area contributed by atoms with Crippen LogP contribution in [0, 0.1) is 23.9 Å². The molecule has 0 spiro atoms. The van der Waals surface area contributed by atoms with Gasteiger partial charge in [0.05, 0.1) is 13.7 Å². The number of rotatable bonds is 6. The maximum atomic E-state index is 13.5. The van der Waals surface area contributed by atoms with E-state index in [1.807, 2.05) is 68.7 Å². The van der Waals surface area contributed by atoms with Gasteiger partial charge in [0.2, 0.25) is 0 Å². The molecule has 44 heavy (non-hydrogen) atoms. The van der Waals surface area contributed by atoms with Crippen molar-refractivity contribution in [2.75, 3.05) is 0 Å². The maximum absolute atomic E-state index is 13.5. The van der Waals surface area contributed by atoms with Crippen LogP contribution < -0.4 is 5.19 Å². The summed E-state index contributed by atoms with van der Waals surface area (Å²) in [6.45, 7) is 15.2. The van der Waals surface area contributed by atoms with Gasteiger partial charge in [0.25, 0.3) is 0 Å². The molecule has 0 saturated carbocycles. The number of hydrogen-bond acceptors (Lipinski definition) is 3. The summed E-state index contributed by atoms with van der Waals surface area (Å²) in [5.41, 5.74) is 7.12. The number of aromatic nitrogens is 2. The minimum absolute atomic E-state index is 0. The van der Waals surface area contributed by atoms with Crippen LogP contribution >= 0.6 is 0 Å². The number of benzene rings is 3. The molecule has 0 unspecified atom stereocenters. The number of fused-ring (bicyclic) bond motifs is 3. The van der Waals surface area contributed by atoms with E-state index in [9.17, 15) is 4.39 Å². The van der Waals surface area contributed by atoms with Crippen LogP contribution in [-0.2, 0) is 26.5 Å². The van der Waals surface area contributed by atoms with Crippen LogP contribution in [0.15, 0.2) is 89.6 Å². The molecule has 0 saturated heterocycles. The first kappa shape index (κ1) is 32.0. The molecule has 6 aromatic rings. The molecule has 3 aromatic heterocycles. The molecule has 0 fully saturated rings. The Bertz CT molecular complexity index is 1910. The molecular weight excluding hydrogens is 740 g/mol. The van der Waals surface area contributed by atoms with Crippen LogP contribution in [-0.4, -0.2) is 18.0 Å². The van der Waals surface area contributed by atoms with Crippen molar-refractivity contribution < 1.29 is 30.3 Å². The van der Waals surface area contributed by atoms with Crippen LogP contribution in [0.2, 0.25) is 19.6 Å². The summed E-state index contributed by atoms with van der Waals surface area (Å²) in [4.78, 5) is 9.10. The van der Waals surface area contributed by atoms with E-state index in [0.717, 1.165) is 45.3 Å². The molecule has 3 aromatic carbocycles. The minimum atomic E-state index is -1.50. The molecule has 0 aliphatic carbocycles. The van der Waals surface area contributed by atoms with Crippen molar-refractivity contribution in [2.24, 2.45) is 5.92 Å². The van der Waals surface area contributed by atoms with E-state index in [1.165, 1.54) is 22.9 Å². The van der Waals surface area contributed by atoms with Gasteiger partial charge < -0.3 is 14.4 Å². The Kier molecular flexibility index (Phi) is 10.3. The molecule has 0 atom stereocenters. The van der Waals surface area contributed by atoms with Crippen LogP contribution in [0.5, 0.6) is 0 Å². The minimum Gasteiger partial charge on any atom is -0.500 e. The number of pyridine rings is 2. The van der Waals surface area contributed by atoms with Crippen molar-refractivity contribution in [1.29, 1.82) is 0 Å². The molecule has 6 rings (SSSR count). The van der Waals surface area contributed by atoms with E-state index in [-0.39, 0.29) is 25.9 Å². The van der Waals surface area contributed by atoms with Gasteiger partial charge in [-0.1, -0.05) is 81.5 Å². The molecular formula is C38H39FIrN2OSi-2. The predicted octanol–water partition coefficient (Wildman–Crippen LogP) is 10.0. The first-order valence-corrected chi connectivity index (χ1v) is 18.3. The molecule has 0 aliphatic heterocycles. The van der Waals surface area contributed by atoms with Gasteiger partial charge in [-0.15, -0.1) is 54.1 Å². The molecule has 229 valence electrons. The normalized spacial score (nSPS) is 12.1.